The minimum absolute atomic E-state index is 0.00689. The molecule has 0 atom stereocenters. The third-order valence-electron chi connectivity index (χ3n) is 4.97. The number of likely N-dealkylation sites (tertiary alicyclic amines) is 1. The van der Waals surface area contributed by atoms with Gasteiger partial charge in [0.05, 0.1) is 17.3 Å². The summed E-state index contributed by atoms with van der Waals surface area (Å²) in [5.41, 5.74) is 2.30. The Hall–Kier alpha value is -1.99. The lowest BCUT2D eigenvalue weighted by molar-refractivity contribution is 0.0682. The summed E-state index contributed by atoms with van der Waals surface area (Å²) in [5.74, 6) is -0.00689. The van der Waals surface area contributed by atoms with E-state index in [-0.39, 0.29) is 11.9 Å². The highest BCUT2D eigenvalue weighted by molar-refractivity contribution is 7.88. The molecule has 1 fully saturated rings. The number of hydrogen-bond donors (Lipinski definition) is 0. The molecule has 0 N–H and O–H groups in total. The molecule has 26 heavy (non-hydrogen) atoms. The second kappa shape index (κ2) is 7.32. The largest absolute Gasteiger partial charge is 0.339 e. The van der Waals surface area contributed by atoms with E-state index in [9.17, 15) is 13.2 Å². The van der Waals surface area contributed by atoms with Crippen LogP contribution >= 0.6 is 0 Å². The first-order chi connectivity index (χ1) is 12.3. The number of sulfonamides is 1. The van der Waals surface area contributed by atoms with Crippen molar-refractivity contribution in [2.75, 3.05) is 25.9 Å². The van der Waals surface area contributed by atoms with Crippen molar-refractivity contribution in [1.82, 2.24) is 14.2 Å². The number of aromatic nitrogens is 1. The van der Waals surface area contributed by atoms with Gasteiger partial charge in [0, 0.05) is 36.8 Å². The van der Waals surface area contributed by atoms with Gasteiger partial charge in [-0.2, -0.15) is 4.31 Å². The standard InChI is InChI=1S/C19H25N3O3S/c1-4-22(26(3,24)25)15-9-11-21(12-10-15)19(23)17-13-14(2)20-18-8-6-5-7-16(17)18/h5-8,13,15H,4,9-12H2,1-3H3. The molecule has 1 aromatic carbocycles. The normalized spacial score (nSPS) is 16.4. The van der Waals surface area contributed by atoms with Gasteiger partial charge < -0.3 is 4.90 Å². The predicted octanol–water partition coefficient (Wildman–Crippen LogP) is 2.43. The number of carbonyl (C=O) groups excluding carboxylic acids is 1. The lowest BCUT2D eigenvalue weighted by Gasteiger charge is -2.37. The van der Waals surface area contributed by atoms with Crippen LogP contribution in [0.3, 0.4) is 0 Å². The van der Waals surface area contributed by atoms with Crippen LogP contribution in [0, 0.1) is 6.92 Å². The summed E-state index contributed by atoms with van der Waals surface area (Å²) in [6.45, 7) is 5.33. The van der Waals surface area contributed by atoms with Gasteiger partial charge in [-0.05, 0) is 31.9 Å². The number of benzene rings is 1. The zero-order valence-corrected chi connectivity index (χ0v) is 16.3. The van der Waals surface area contributed by atoms with E-state index in [1.54, 1.807) is 4.31 Å². The molecule has 0 unspecified atom stereocenters. The highest BCUT2D eigenvalue weighted by atomic mass is 32.2. The van der Waals surface area contributed by atoms with Gasteiger partial charge in [0.2, 0.25) is 10.0 Å². The van der Waals surface area contributed by atoms with Crippen molar-refractivity contribution < 1.29 is 13.2 Å². The molecule has 1 aliphatic heterocycles. The second-order valence-electron chi connectivity index (χ2n) is 6.82. The number of fused-ring (bicyclic) bond motifs is 1. The molecule has 1 amide bonds. The molecule has 1 saturated heterocycles. The van der Waals surface area contributed by atoms with Gasteiger partial charge >= 0.3 is 0 Å². The van der Waals surface area contributed by atoms with E-state index in [0.717, 1.165) is 16.6 Å². The summed E-state index contributed by atoms with van der Waals surface area (Å²) >= 11 is 0. The molecule has 2 heterocycles. The van der Waals surface area contributed by atoms with Gasteiger partial charge in [0.1, 0.15) is 0 Å². The Morgan fingerprint density at radius 2 is 1.92 bits per heavy atom. The lowest BCUT2D eigenvalue weighted by atomic mass is 10.0. The number of hydrogen-bond acceptors (Lipinski definition) is 4. The molecule has 3 rings (SSSR count). The van der Waals surface area contributed by atoms with Gasteiger partial charge in [-0.25, -0.2) is 8.42 Å². The Balaban J connectivity index is 1.80. The Bertz CT molecular complexity index is 919. The molecule has 6 nitrogen and oxygen atoms in total. The van der Waals surface area contributed by atoms with Crippen LogP contribution in [0.25, 0.3) is 10.9 Å². The zero-order valence-electron chi connectivity index (χ0n) is 15.5. The minimum Gasteiger partial charge on any atom is -0.339 e. The maximum absolute atomic E-state index is 13.1. The molecule has 1 aliphatic rings. The molecule has 1 aromatic heterocycles. The van der Waals surface area contributed by atoms with Crippen molar-refractivity contribution in [1.29, 1.82) is 0 Å². The van der Waals surface area contributed by atoms with E-state index >= 15 is 0 Å². The third-order valence-corrected chi connectivity index (χ3v) is 6.38. The smallest absolute Gasteiger partial charge is 0.254 e. The van der Waals surface area contributed by atoms with Crippen LogP contribution in [0.2, 0.25) is 0 Å². The van der Waals surface area contributed by atoms with Gasteiger partial charge in [-0.1, -0.05) is 25.1 Å². The third kappa shape index (κ3) is 3.73. The average Bonchev–Trinajstić information content (AvgIpc) is 2.60. The number of aryl methyl sites for hydroxylation is 1. The van der Waals surface area contributed by atoms with E-state index in [1.165, 1.54) is 6.26 Å². The number of amides is 1. The van der Waals surface area contributed by atoms with Crippen LogP contribution in [-0.2, 0) is 10.0 Å². The van der Waals surface area contributed by atoms with Crippen molar-refractivity contribution in [3.05, 3.63) is 41.6 Å². The summed E-state index contributed by atoms with van der Waals surface area (Å²) < 4.78 is 25.4. The van der Waals surface area contributed by atoms with Crippen molar-refractivity contribution in [2.45, 2.75) is 32.7 Å². The van der Waals surface area contributed by atoms with Gasteiger partial charge in [-0.15, -0.1) is 0 Å². The average molecular weight is 375 g/mol. The summed E-state index contributed by atoms with van der Waals surface area (Å²) in [4.78, 5) is 19.4. The molecule has 2 aromatic rings. The fraction of sp³-hybridized carbons (Fsp3) is 0.474. The van der Waals surface area contributed by atoms with E-state index in [4.69, 9.17) is 0 Å². The van der Waals surface area contributed by atoms with Crippen LogP contribution in [0.1, 0.15) is 35.8 Å². The molecule has 140 valence electrons. The lowest BCUT2D eigenvalue weighted by Crippen LogP contribution is -2.48. The number of rotatable bonds is 4. The van der Waals surface area contributed by atoms with Crippen LogP contribution in [0.4, 0.5) is 0 Å². The molecule has 0 radical (unpaired) electrons. The first-order valence-electron chi connectivity index (χ1n) is 8.93. The van der Waals surface area contributed by atoms with E-state index in [2.05, 4.69) is 4.98 Å². The molecule has 0 aliphatic carbocycles. The number of pyridine rings is 1. The quantitative estimate of drug-likeness (QED) is 0.823. The van der Waals surface area contributed by atoms with Crippen LogP contribution in [0.15, 0.2) is 30.3 Å². The summed E-state index contributed by atoms with van der Waals surface area (Å²) in [5, 5.41) is 0.858. The molecular formula is C19H25N3O3S. The molecule has 0 bridgehead atoms. The molecular weight excluding hydrogens is 350 g/mol. The fourth-order valence-electron chi connectivity index (χ4n) is 3.78. The van der Waals surface area contributed by atoms with E-state index in [1.807, 2.05) is 49.1 Å². The maximum Gasteiger partial charge on any atom is 0.254 e. The van der Waals surface area contributed by atoms with Crippen molar-refractivity contribution in [3.8, 4) is 0 Å². The predicted molar refractivity (Wildman–Crippen MR) is 103 cm³/mol. The number of piperidine rings is 1. The molecule has 0 saturated carbocycles. The van der Waals surface area contributed by atoms with Crippen LogP contribution in [0.5, 0.6) is 0 Å². The second-order valence-corrected chi connectivity index (χ2v) is 8.75. The molecule has 0 spiro atoms. The maximum atomic E-state index is 13.1. The summed E-state index contributed by atoms with van der Waals surface area (Å²) in [6, 6.07) is 9.47. The number of para-hydroxylation sites is 1. The van der Waals surface area contributed by atoms with Gasteiger partial charge in [-0.3, -0.25) is 9.78 Å². The highest BCUT2D eigenvalue weighted by Crippen LogP contribution is 2.24. The summed E-state index contributed by atoms with van der Waals surface area (Å²) in [6.07, 6.45) is 2.57. The van der Waals surface area contributed by atoms with Crippen LogP contribution in [-0.4, -0.2) is 60.4 Å². The van der Waals surface area contributed by atoms with E-state index < -0.39 is 10.0 Å². The van der Waals surface area contributed by atoms with Crippen molar-refractivity contribution in [3.63, 3.8) is 0 Å². The first-order valence-corrected chi connectivity index (χ1v) is 10.8. The fourth-order valence-corrected chi connectivity index (χ4v) is 5.00. The monoisotopic (exact) mass is 375 g/mol. The van der Waals surface area contributed by atoms with Gasteiger partial charge in [0.15, 0.2) is 0 Å². The molecule has 7 heteroatoms. The first kappa shape index (κ1) is 18.8. The zero-order chi connectivity index (χ0) is 18.9. The highest BCUT2D eigenvalue weighted by Gasteiger charge is 2.31. The minimum atomic E-state index is -3.22. The Morgan fingerprint density at radius 1 is 1.27 bits per heavy atom. The Kier molecular flexibility index (Phi) is 5.29. The number of nitrogens with zero attached hydrogens (tertiary/aromatic N) is 3. The van der Waals surface area contributed by atoms with Gasteiger partial charge in [0.25, 0.3) is 5.91 Å². The number of carbonyl (C=O) groups is 1. The Labute approximate surface area is 154 Å². The SMILES string of the molecule is CCN(C1CCN(C(=O)c2cc(C)nc3ccccc23)CC1)S(C)(=O)=O. The topological polar surface area (TPSA) is 70.6 Å². The van der Waals surface area contributed by atoms with Crippen molar-refractivity contribution >= 4 is 26.8 Å². The van der Waals surface area contributed by atoms with E-state index in [0.29, 0.717) is 38.0 Å². The van der Waals surface area contributed by atoms with Crippen LogP contribution < -0.4 is 0 Å². The summed E-state index contributed by atoms with van der Waals surface area (Å²) in [7, 11) is -3.22. The van der Waals surface area contributed by atoms with Crippen molar-refractivity contribution in [2.24, 2.45) is 0 Å². The Morgan fingerprint density at radius 3 is 2.54 bits per heavy atom.